The number of para-hydroxylation sites is 2. The normalized spacial score (nSPS) is 11.7. The molecule has 0 amide bonds. The molecule has 0 atom stereocenters. The van der Waals surface area contributed by atoms with E-state index in [4.69, 9.17) is 11.6 Å². The smallest absolute Gasteiger partial charge is 0.0496 e. The third-order valence-electron chi connectivity index (χ3n) is 4.62. The second-order valence-corrected chi connectivity index (χ2v) is 7.37. The van der Waals surface area contributed by atoms with Crippen LogP contribution in [0.1, 0.15) is 5.56 Å². The van der Waals surface area contributed by atoms with Gasteiger partial charge in [-0.15, -0.1) is 11.3 Å². The van der Waals surface area contributed by atoms with Crippen LogP contribution in [0.25, 0.3) is 31.9 Å². The van der Waals surface area contributed by atoms with E-state index in [9.17, 15) is 0 Å². The Labute approximate surface area is 148 Å². The molecular weight excluding hydrogens is 334 g/mol. The minimum Gasteiger partial charge on any atom is -0.336 e. The number of aromatic nitrogens is 1. The van der Waals surface area contributed by atoms with Crippen LogP contribution in [0.2, 0.25) is 5.02 Å². The van der Waals surface area contributed by atoms with Crippen molar-refractivity contribution in [1.82, 2.24) is 4.57 Å². The van der Waals surface area contributed by atoms with Crippen molar-refractivity contribution in [3.8, 4) is 0 Å². The summed E-state index contributed by atoms with van der Waals surface area (Å²) in [7, 11) is 0. The maximum atomic E-state index is 6.22. The molecule has 0 aliphatic heterocycles. The van der Waals surface area contributed by atoms with Crippen molar-refractivity contribution >= 4 is 54.8 Å². The van der Waals surface area contributed by atoms with Gasteiger partial charge in [0, 0.05) is 38.1 Å². The number of nitrogens with zero attached hydrogens (tertiary/aromatic N) is 1. The first-order valence-corrected chi connectivity index (χ1v) is 9.18. The van der Waals surface area contributed by atoms with Gasteiger partial charge in [-0.3, -0.25) is 0 Å². The minimum atomic E-state index is 0.796. The maximum Gasteiger partial charge on any atom is 0.0496 e. The summed E-state index contributed by atoms with van der Waals surface area (Å²) in [6.07, 6.45) is 0. The average Bonchev–Trinajstić information content (AvgIpc) is 3.15. The van der Waals surface area contributed by atoms with Crippen molar-refractivity contribution in [2.75, 3.05) is 0 Å². The molecular formula is C21H14ClNS. The molecule has 0 radical (unpaired) electrons. The van der Waals surface area contributed by atoms with Gasteiger partial charge in [-0.1, -0.05) is 48.0 Å². The zero-order valence-corrected chi connectivity index (χ0v) is 14.4. The van der Waals surface area contributed by atoms with E-state index in [2.05, 4.69) is 70.6 Å². The van der Waals surface area contributed by atoms with Crippen molar-refractivity contribution in [2.45, 2.75) is 6.54 Å². The zero-order valence-electron chi connectivity index (χ0n) is 12.9. The summed E-state index contributed by atoms with van der Waals surface area (Å²) >= 11 is 8.00. The molecule has 2 aromatic heterocycles. The van der Waals surface area contributed by atoms with E-state index in [1.165, 1.54) is 37.5 Å². The number of thiophene rings is 1. The van der Waals surface area contributed by atoms with Crippen LogP contribution in [0, 0.1) is 0 Å². The summed E-state index contributed by atoms with van der Waals surface area (Å²) < 4.78 is 3.70. The van der Waals surface area contributed by atoms with E-state index >= 15 is 0 Å². The number of fused-ring (bicyclic) bond motifs is 4. The highest BCUT2D eigenvalue weighted by molar-refractivity contribution is 7.17. The predicted octanol–water partition coefficient (Wildman–Crippen LogP) is 6.71. The van der Waals surface area contributed by atoms with Gasteiger partial charge in [-0.05, 0) is 46.7 Å². The van der Waals surface area contributed by atoms with Crippen molar-refractivity contribution in [1.29, 1.82) is 0 Å². The van der Waals surface area contributed by atoms with Crippen molar-refractivity contribution < 1.29 is 0 Å². The second kappa shape index (κ2) is 5.37. The van der Waals surface area contributed by atoms with E-state index in [1.54, 1.807) is 11.3 Å². The SMILES string of the molecule is Clc1ccc2scc(Cn3c4ccccc4c4ccccc43)c2c1. The zero-order chi connectivity index (χ0) is 16.1. The molecule has 0 unspecified atom stereocenters. The summed E-state index contributed by atoms with van der Waals surface area (Å²) in [6.45, 7) is 0.856. The van der Waals surface area contributed by atoms with Crippen LogP contribution in [0.3, 0.4) is 0 Å². The molecule has 5 rings (SSSR count). The van der Waals surface area contributed by atoms with Crippen LogP contribution in [-0.4, -0.2) is 4.57 Å². The van der Waals surface area contributed by atoms with Crippen LogP contribution >= 0.6 is 22.9 Å². The lowest BCUT2D eigenvalue weighted by Gasteiger charge is -2.07. The third kappa shape index (κ3) is 2.07. The first-order valence-electron chi connectivity index (χ1n) is 7.93. The summed E-state index contributed by atoms with van der Waals surface area (Å²) in [4.78, 5) is 0. The van der Waals surface area contributed by atoms with Gasteiger partial charge in [0.15, 0.2) is 0 Å². The number of rotatable bonds is 2. The van der Waals surface area contributed by atoms with Gasteiger partial charge >= 0.3 is 0 Å². The van der Waals surface area contributed by atoms with Gasteiger partial charge in [0.1, 0.15) is 0 Å². The predicted molar refractivity (Wildman–Crippen MR) is 105 cm³/mol. The Morgan fingerprint density at radius 3 is 2.17 bits per heavy atom. The van der Waals surface area contributed by atoms with Crippen molar-refractivity contribution in [2.24, 2.45) is 0 Å². The first-order chi connectivity index (χ1) is 11.8. The van der Waals surface area contributed by atoms with Crippen molar-refractivity contribution in [3.05, 3.63) is 82.7 Å². The minimum absolute atomic E-state index is 0.796. The van der Waals surface area contributed by atoms with Crippen molar-refractivity contribution in [3.63, 3.8) is 0 Å². The molecule has 0 aliphatic carbocycles. The Morgan fingerprint density at radius 1 is 0.792 bits per heavy atom. The summed E-state index contributed by atoms with van der Waals surface area (Å²) in [5.41, 5.74) is 3.88. The molecule has 2 heterocycles. The molecule has 0 bridgehead atoms. The van der Waals surface area contributed by atoms with E-state index in [0.717, 1.165) is 11.6 Å². The quantitative estimate of drug-likeness (QED) is 0.334. The lowest BCUT2D eigenvalue weighted by atomic mass is 10.2. The number of halogens is 1. The third-order valence-corrected chi connectivity index (χ3v) is 5.87. The Morgan fingerprint density at radius 2 is 1.46 bits per heavy atom. The lowest BCUT2D eigenvalue weighted by Crippen LogP contribution is -1.98. The molecule has 0 spiro atoms. The fourth-order valence-electron chi connectivity index (χ4n) is 3.52. The molecule has 3 aromatic carbocycles. The molecule has 3 heteroatoms. The number of hydrogen-bond acceptors (Lipinski definition) is 1. The van der Waals surface area contributed by atoms with Gasteiger partial charge in [0.2, 0.25) is 0 Å². The Kier molecular flexibility index (Phi) is 3.15. The highest BCUT2D eigenvalue weighted by Gasteiger charge is 2.12. The Hall–Kier alpha value is -2.29. The monoisotopic (exact) mass is 347 g/mol. The highest BCUT2D eigenvalue weighted by atomic mass is 35.5. The highest BCUT2D eigenvalue weighted by Crippen LogP contribution is 2.33. The molecule has 5 aromatic rings. The molecule has 1 nitrogen and oxygen atoms in total. The van der Waals surface area contributed by atoms with Crippen LogP contribution in [-0.2, 0) is 6.54 Å². The topological polar surface area (TPSA) is 4.93 Å². The van der Waals surface area contributed by atoms with E-state index in [0.29, 0.717) is 0 Å². The van der Waals surface area contributed by atoms with E-state index in [-0.39, 0.29) is 0 Å². The fraction of sp³-hybridized carbons (Fsp3) is 0.0476. The van der Waals surface area contributed by atoms with Crippen LogP contribution in [0.5, 0.6) is 0 Å². The molecule has 0 saturated heterocycles. The lowest BCUT2D eigenvalue weighted by molar-refractivity contribution is 0.879. The van der Waals surface area contributed by atoms with Gasteiger partial charge < -0.3 is 4.57 Å². The van der Waals surface area contributed by atoms with Crippen LogP contribution in [0.15, 0.2) is 72.1 Å². The molecule has 0 N–H and O–H groups in total. The average molecular weight is 348 g/mol. The van der Waals surface area contributed by atoms with Gasteiger partial charge in [-0.25, -0.2) is 0 Å². The fourth-order valence-corrected chi connectivity index (χ4v) is 4.63. The Balaban J connectivity index is 1.77. The van der Waals surface area contributed by atoms with Crippen LogP contribution in [0.4, 0.5) is 0 Å². The molecule has 24 heavy (non-hydrogen) atoms. The van der Waals surface area contributed by atoms with Gasteiger partial charge in [-0.2, -0.15) is 0 Å². The largest absolute Gasteiger partial charge is 0.336 e. The summed E-state index contributed by atoms with van der Waals surface area (Å²) in [5.74, 6) is 0. The second-order valence-electron chi connectivity index (χ2n) is 6.02. The number of benzene rings is 3. The standard InChI is InChI=1S/C21H14ClNS/c22-15-9-10-21-18(11-15)14(13-24-21)12-23-19-7-3-1-5-16(19)17-6-2-4-8-20(17)23/h1-11,13H,12H2. The van der Waals surface area contributed by atoms with Crippen LogP contribution < -0.4 is 0 Å². The molecule has 0 fully saturated rings. The first kappa shape index (κ1) is 14.1. The maximum absolute atomic E-state index is 6.22. The molecule has 0 aliphatic rings. The molecule has 0 saturated carbocycles. The van der Waals surface area contributed by atoms with Gasteiger partial charge in [0.25, 0.3) is 0 Å². The van der Waals surface area contributed by atoms with E-state index in [1.807, 2.05) is 6.07 Å². The molecule has 116 valence electrons. The van der Waals surface area contributed by atoms with E-state index < -0.39 is 0 Å². The van der Waals surface area contributed by atoms with Gasteiger partial charge in [0.05, 0.1) is 0 Å². The summed E-state index contributed by atoms with van der Waals surface area (Å²) in [5, 5.41) is 6.93. The summed E-state index contributed by atoms with van der Waals surface area (Å²) in [6, 6.07) is 23.4. The Bertz CT molecular complexity index is 1150. The number of hydrogen-bond donors (Lipinski definition) is 0.